The van der Waals surface area contributed by atoms with E-state index >= 15 is 0 Å². The van der Waals surface area contributed by atoms with Crippen LogP contribution >= 0.6 is 11.6 Å². The number of carbonyl (C=O) groups is 2. The van der Waals surface area contributed by atoms with E-state index in [2.05, 4.69) is 10.1 Å². The van der Waals surface area contributed by atoms with Gasteiger partial charge >= 0.3 is 5.97 Å². The van der Waals surface area contributed by atoms with Crippen molar-refractivity contribution in [3.63, 3.8) is 0 Å². The molecule has 2 aromatic rings. The standard InChI is InChI=1S/C16H13ClFNO4/c1-9-12(16(21)22-2)8-11(23-9)4-6-15(20)19-10-3-5-14(18)13(17)7-10/h3-8H,1-2H3,(H,19,20)/b6-4+. The molecule has 2 rings (SSSR count). The second-order valence-electron chi connectivity index (χ2n) is 4.56. The first-order chi connectivity index (χ1) is 10.9. The first-order valence-corrected chi connectivity index (χ1v) is 6.91. The van der Waals surface area contributed by atoms with E-state index in [0.717, 1.165) is 6.07 Å². The van der Waals surface area contributed by atoms with Gasteiger partial charge in [-0.15, -0.1) is 0 Å². The number of ether oxygens (including phenoxy) is 1. The highest BCUT2D eigenvalue weighted by molar-refractivity contribution is 6.31. The molecule has 0 bridgehead atoms. The molecule has 1 amide bonds. The molecule has 0 unspecified atom stereocenters. The molecular weight excluding hydrogens is 325 g/mol. The quantitative estimate of drug-likeness (QED) is 0.680. The number of anilines is 1. The Morgan fingerprint density at radius 2 is 2.09 bits per heavy atom. The Morgan fingerprint density at radius 1 is 1.35 bits per heavy atom. The van der Waals surface area contributed by atoms with Gasteiger partial charge in [0.1, 0.15) is 22.9 Å². The van der Waals surface area contributed by atoms with Gasteiger partial charge in [0.2, 0.25) is 5.91 Å². The predicted octanol–water partition coefficient (Wildman–Crippen LogP) is 3.82. The van der Waals surface area contributed by atoms with Gasteiger partial charge in [0.15, 0.2) is 0 Å². The molecule has 1 N–H and O–H groups in total. The van der Waals surface area contributed by atoms with Crippen molar-refractivity contribution < 1.29 is 23.1 Å². The van der Waals surface area contributed by atoms with E-state index in [1.54, 1.807) is 6.92 Å². The number of amides is 1. The van der Waals surface area contributed by atoms with Crippen molar-refractivity contribution in [2.45, 2.75) is 6.92 Å². The van der Waals surface area contributed by atoms with E-state index in [1.807, 2.05) is 0 Å². The summed E-state index contributed by atoms with van der Waals surface area (Å²) in [6.07, 6.45) is 2.62. The third-order valence-corrected chi connectivity index (χ3v) is 3.22. The maximum atomic E-state index is 13.0. The van der Waals surface area contributed by atoms with Gasteiger partial charge in [-0.2, -0.15) is 0 Å². The van der Waals surface area contributed by atoms with Crippen molar-refractivity contribution in [3.8, 4) is 0 Å². The molecule has 0 aliphatic rings. The fraction of sp³-hybridized carbons (Fsp3) is 0.125. The van der Waals surface area contributed by atoms with Crippen LogP contribution in [0.2, 0.25) is 5.02 Å². The van der Waals surface area contributed by atoms with Crippen LogP contribution < -0.4 is 5.32 Å². The summed E-state index contributed by atoms with van der Waals surface area (Å²) >= 11 is 5.63. The molecule has 0 aliphatic carbocycles. The average Bonchev–Trinajstić information content (AvgIpc) is 2.89. The van der Waals surface area contributed by atoms with E-state index in [9.17, 15) is 14.0 Å². The van der Waals surface area contributed by atoms with Crippen LogP contribution in [0.15, 0.2) is 34.8 Å². The minimum Gasteiger partial charge on any atom is -0.465 e. The van der Waals surface area contributed by atoms with Gasteiger partial charge in [-0.25, -0.2) is 9.18 Å². The number of hydrogen-bond donors (Lipinski definition) is 1. The summed E-state index contributed by atoms with van der Waals surface area (Å²) in [5.41, 5.74) is 0.648. The first-order valence-electron chi connectivity index (χ1n) is 6.53. The molecule has 1 aromatic carbocycles. The molecular formula is C16H13ClFNO4. The Bertz CT molecular complexity index is 782. The molecule has 120 valence electrons. The smallest absolute Gasteiger partial charge is 0.341 e. The lowest BCUT2D eigenvalue weighted by atomic mass is 10.2. The largest absolute Gasteiger partial charge is 0.465 e. The summed E-state index contributed by atoms with van der Waals surface area (Å²) in [5, 5.41) is 2.44. The molecule has 23 heavy (non-hydrogen) atoms. The van der Waals surface area contributed by atoms with Gasteiger partial charge < -0.3 is 14.5 Å². The van der Waals surface area contributed by atoms with Crippen LogP contribution in [0.25, 0.3) is 6.08 Å². The minimum absolute atomic E-state index is 0.0869. The van der Waals surface area contributed by atoms with E-state index in [4.69, 9.17) is 16.0 Å². The molecule has 0 saturated carbocycles. The summed E-state index contributed by atoms with van der Waals surface area (Å²) < 4.78 is 23.0. The Kier molecular flexibility index (Phi) is 5.18. The van der Waals surface area contributed by atoms with Crippen molar-refractivity contribution in [1.82, 2.24) is 0 Å². The summed E-state index contributed by atoms with van der Waals surface area (Å²) in [4.78, 5) is 23.3. The predicted molar refractivity (Wildman–Crippen MR) is 83.9 cm³/mol. The fourth-order valence-electron chi connectivity index (χ4n) is 1.82. The fourth-order valence-corrected chi connectivity index (χ4v) is 2.00. The monoisotopic (exact) mass is 337 g/mol. The molecule has 0 spiro atoms. The average molecular weight is 338 g/mol. The van der Waals surface area contributed by atoms with Gasteiger partial charge in [0.25, 0.3) is 0 Å². The van der Waals surface area contributed by atoms with Crippen LogP contribution in [0.3, 0.4) is 0 Å². The van der Waals surface area contributed by atoms with Gasteiger partial charge in [0, 0.05) is 11.8 Å². The maximum absolute atomic E-state index is 13.0. The molecule has 0 aliphatic heterocycles. The molecule has 0 atom stereocenters. The van der Waals surface area contributed by atoms with E-state index < -0.39 is 17.7 Å². The van der Waals surface area contributed by atoms with Crippen LogP contribution in [0, 0.1) is 12.7 Å². The summed E-state index contributed by atoms with van der Waals surface area (Å²) in [7, 11) is 1.27. The normalized spacial score (nSPS) is 10.8. The summed E-state index contributed by atoms with van der Waals surface area (Å²) in [5.74, 6) is -0.823. The summed E-state index contributed by atoms with van der Waals surface area (Å²) in [6, 6.07) is 5.31. The Hall–Kier alpha value is -2.60. The van der Waals surface area contributed by atoms with Gasteiger partial charge in [-0.1, -0.05) is 11.6 Å². The van der Waals surface area contributed by atoms with Crippen molar-refractivity contribution in [2.75, 3.05) is 12.4 Å². The minimum atomic E-state index is -0.568. The topological polar surface area (TPSA) is 68.5 Å². The van der Waals surface area contributed by atoms with E-state index in [-0.39, 0.29) is 10.6 Å². The van der Waals surface area contributed by atoms with Gasteiger partial charge in [-0.05, 0) is 37.3 Å². The lowest BCUT2D eigenvalue weighted by Crippen LogP contribution is -2.07. The second kappa shape index (κ2) is 7.11. The highest BCUT2D eigenvalue weighted by Crippen LogP contribution is 2.20. The van der Waals surface area contributed by atoms with E-state index in [1.165, 1.54) is 37.5 Å². The Morgan fingerprint density at radius 3 is 2.74 bits per heavy atom. The maximum Gasteiger partial charge on any atom is 0.341 e. The number of esters is 1. The molecule has 7 heteroatoms. The number of aryl methyl sites for hydroxylation is 1. The highest BCUT2D eigenvalue weighted by Gasteiger charge is 2.14. The first kappa shape index (κ1) is 16.8. The third-order valence-electron chi connectivity index (χ3n) is 2.93. The number of furan rings is 1. The molecule has 0 radical (unpaired) electrons. The molecule has 0 saturated heterocycles. The van der Waals surface area contributed by atoms with Crippen LogP contribution in [0.4, 0.5) is 10.1 Å². The number of carbonyl (C=O) groups excluding carboxylic acids is 2. The van der Waals surface area contributed by atoms with Crippen LogP contribution in [0.5, 0.6) is 0 Å². The lowest BCUT2D eigenvalue weighted by Gasteiger charge is -2.02. The zero-order chi connectivity index (χ0) is 17.0. The van der Waals surface area contributed by atoms with Crippen LogP contribution in [0.1, 0.15) is 21.9 Å². The van der Waals surface area contributed by atoms with Crippen molar-refractivity contribution >= 4 is 35.2 Å². The van der Waals surface area contributed by atoms with Crippen LogP contribution in [-0.2, 0) is 9.53 Å². The Labute approximate surface area is 136 Å². The highest BCUT2D eigenvalue weighted by atomic mass is 35.5. The molecule has 0 fully saturated rings. The van der Waals surface area contributed by atoms with Crippen molar-refractivity contribution in [1.29, 1.82) is 0 Å². The number of halogens is 2. The van der Waals surface area contributed by atoms with E-state index in [0.29, 0.717) is 17.2 Å². The zero-order valence-electron chi connectivity index (χ0n) is 12.4. The van der Waals surface area contributed by atoms with Crippen LogP contribution in [-0.4, -0.2) is 19.0 Å². The SMILES string of the molecule is COC(=O)c1cc(/C=C/C(=O)Nc2ccc(F)c(Cl)c2)oc1C. The van der Waals surface area contributed by atoms with Gasteiger partial charge in [0.05, 0.1) is 12.1 Å². The summed E-state index contributed by atoms with van der Waals surface area (Å²) in [6.45, 7) is 1.62. The number of methoxy groups -OCH3 is 1. The lowest BCUT2D eigenvalue weighted by molar-refractivity contribution is -0.111. The second-order valence-corrected chi connectivity index (χ2v) is 4.97. The number of hydrogen-bond acceptors (Lipinski definition) is 4. The van der Waals surface area contributed by atoms with Crippen molar-refractivity contribution in [2.24, 2.45) is 0 Å². The van der Waals surface area contributed by atoms with Crippen molar-refractivity contribution in [3.05, 3.63) is 58.3 Å². The number of rotatable bonds is 4. The molecule has 1 heterocycles. The molecule has 1 aromatic heterocycles. The number of nitrogens with one attached hydrogen (secondary N) is 1. The Balaban J connectivity index is 2.06. The van der Waals surface area contributed by atoms with Gasteiger partial charge in [-0.3, -0.25) is 4.79 Å². The third kappa shape index (κ3) is 4.20. The molecule has 5 nitrogen and oxygen atoms in total. The number of benzene rings is 1. The zero-order valence-corrected chi connectivity index (χ0v) is 13.1.